The lowest BCUT2D eigenvalue weighted by Gasteiger charge is -2.27. The number of carbonyl (C=O) groups excluding carboxylic acids is 1. The summed E-state index contributed by atoms with van der Waals surface area (Å²) in [6.45, 7) is 5.89. The summed E-state index contributed by atoms with van der Waals surface area (Å²) in [5, 5.41) is 7.09. The van der Waals surface area contributed by atoms with E-state index in [0.717, 1.165) is 37.4 Å². The summed E-state index contributed by atoms with van der Waals surface area (Å²) < 4.78 is 2.20. The summed E-state index contributed by atoms with van der Waals surface area (Å²) in [5.41, 5.74) is 1.50. The number of imidazole rings is 1. The van der Waals surface area contributed by atoms with E-state index in [9.17, 15) is 4.79 Å². The Morgan fingerprint density at radius 2 is 2.36 bits per heavy atom. The number of H-pyrrole nitrogens is 1. The van der Waals surface area contributed by atoms with E-state index in [4.69, 9.17) is 0 Å². The summed E-state index contributed by atoms with van der Waals surface area (Å²) in [5.74, 6) is 1.92. The van der Waals surface area contributed by atoms with Crippen LogP contribution < -0.4 is 0 Å². The number of hydrogen-bond donors (Lipinski definition) is 1. The number of hydrogen-bond acceptors (Lipinski definition) is 3. The summed E-state index contributed by atoms with van der Waals surface area (Å²) in [6.07, 6.45) is 5.89. The Morgan fingerprint density at radius 3 is 3.09 bits per heavy atom. The molecule has 3 heterocycles. The number of amides is 1. The molecule has 1 atom stereocenters. The molecule has 1 aliphatic heterocycles. The quantitative estimate of drug-likeness (QED) is 0.940. The highest BCUT2D eigenvalue weighted by atomic mass is 16.2. The van der Waals surface area contributed by atoms with Crippen molar-refractivity contribution in [3.8, 4) is 0 Å². The fraction of sp³-hybridized carbons (Fsp3) is 0.562. The van der Waals surface area contributed by atoms with Crippen molar-refractivity contribution in [2.45, 2.75) is 39.2 Å². The maximum absolute atomic E-state index is 12.5. The number of aromatic amines is 1. The Hall–Kier alpha value is -2.11. The van der Waals surface area contributed by atoms with Crippen molar-refractivity contribution in [1.82, 2.24) is 24.6 Å². The molecule has 118 valence electrons. The zero-order chi connectivity index (χ0) is 15.7. The van der Waals surface area contributed by atoms with E-state index in [1.807, 2.05) is 25.5 Å². The molecule has 1 aliphatic rings. The van der Waals surface area contributed by atoms with Gasteiger partial charge in [0.25, 0.3) is 5.91 Å². The Morgan fingerprint density at radius 1 is 1.55 bits per heavy atom. The SMILES string of the molecule is CC(C)c1cc(C(=O)N(C)C[C@@H]2CCn3ccnc3C2)n[nH]1. The van der Waals surface area contributed by atoms with Gasteiger partial charge in [-0.15, -0.1) is 0 Å². The zero-order valence-electron chi connectivity index (χ0n) is 13.4. The Kier molecular flexibility index (Phi) is 4.00. The van der Waals surface area contributed by atoms with E-state index < -0.39 is 0 Å². The second-order valence-corrected chi connectivity index (χ2v) is 6.44. The summed E-state index contributed by atoms with van der Waals surface area (Å²) >= 11 is 0. The molecule has 0 saturated carbocycles. The van der Waals surface area contributed by atoms with Gasteiger partial charge in [0, 0.05) is 44.6 Å². The zero-order valence-corrected chi connectivity index (χ0v) is 13.4. The van der Waals surface area contributed by atoms with Crippen LogP contribution in [0.4, 0.5) is 0 Å². The topological polar surface area (TPSA) is 66.8 Å². The molecule has 0 aromatic carbocycles. The highest BCUT2D eigenvalue weighted by molar-refractivity contribution is 5.92. The lowest BCUT2D eigenvalue weighted by Crippen LogP contribution is -2.35. The van der Waals surface area contributed by atoms with Crippen molar-refractivity contribution in [3.05, 3.63) is 35.7 Å². The van der Waals surface area contributed by atoms with E-state index >= 15 is 0 Å². The number of nitrogens with one attached hydrogen (secondary N) is 1. The lowest BCUT2D eigenvalue weighted by molar-refractivity contribution is 0.0758. The van der Waals surface area contributed by atoms with Gasteiger partial charge in [-0.05, 0) is 24.3 Å². The summed E-state index contributed by atoms with van der Waals surface area (Å²) in [6, 6.07) is 1.86. The molecule has 2 aromatic heterocycles. The molecule has 3 rings (SSSR count). The predicted molar refractivity (Wildman–Crippen MR) is 83.7 cm³/mol. The molecule has 2 aromatic rings. The monoisotopic (exact) mass is 301 g/mol. The van der Waals surface area contributed by atoms with Crippen LogP contribution in [0.5, 0.6) is 0 Å². The lowest BCUT2D eigenvalue weighted by atomic mass is 9.97. The predicted octanol–water partition coefficient (Wildman–Crippen LogP) is 2.06. The molecule has 1 N–H and O–H groups in total. The van der Waals surface area contributed by atoms with Crippen LogP contribution >= 0.6 is 0 Å². The third kappa shape index (κ3) is 2.91. The second kappa shape index (κ2) is 5.94. The van der Waals surface area contributed by atoms with Gasteiger partial charge >= 0.3 is 0 Å². The average molecular weight is 301 g/mol. The van der Waals surface area contributed by atoms with Gasteiger partial charge in [-0.25, -0.2) is 4.98 Å². The normalized spacial score (nSPS) is 17.5. The van der Waals surface area contributed by atoms with Gasteiger partial charge in [0.15, 0.2) is 0 Å². The summed E-state index contributed by atoms with van der Waals surface area (Å²) in [7, 11) is 1.85. The van der Waals surface area contributed by atoms with Gasteiger partial charge in [-0.3, -0.25) is 9.89 Å². The molecule has 0 fully saturated rings. The van der Waals surface area contributed by atoms with Gasteiger partial charge in [0.1, 0.15) is 11.5 Å². The van der Waals surface area contributed by atoms with Crippen LogP contribution in [0.25, 0.3) is 0 Å². The smallest absolute Gasteiger partial charge is 0.274 e. The van der Waals surface area contributed by atoms with E-state index in [0.29, 0.717) is 17.5 Å². The molecule has 22 heavy (non-hydrogen) atoms. The maximum Gasteiger partial charge on any atom is 0.274 e. The molecule has 0 bridgehead atoms. The Bertz CT molecular complexity index is 657. The van der Waals surface area contributed by atoms with Crippen molar-refractivity contribution in [3.63, 3.8) is 0 Å². The first-order valence-corrected chi connectivity index (χ1v) is 7.85. The molecule has 6 heteroatoms. The summed E-state index contributed by atoms with van der Waals surface area (Å²) in [4.78, 5) is 18.6. The Balaban J connectivity index is 1.62. The highest BCUT2D eigenvalue weighted by Crippen LogP contribution is 2.20. The van der Waals surface area contributed by atoms with Crippen LogP contribution in [0.15, 0.2) is 18.5 Å². The molecule has 0 saturated heterocycles. The largest absolute Gasteiger partial charge is 0.340 e. The molecular formula is C16H23N5O. The molecule has 0 radical (unpaired) electrons. The van der Waals surface area contributed by atoms with E-state index in [1.54, 1.807) is 4.90 Å². The second-order valence-electron chi connectivity index (χ2n) is 6.44. The number of aryl methyl sites for hydroxylation is 1. The third-order valence-electron chi connectivity index (χ3n) is 4.37. The maximum atomic E-state index is 12.5. The number of rotatable bonds is 4. The van der Waals surface area contributed by atoms with Gasteiger partial charge in [0.2, 0.25) is 0 Å². The van der Waals surface area contributed by atoms with Crippen LogP contribution in [0.1, 0.15) is 48.2 Å². The van der Waals surface area contributed by atoms with Crippen molar-refractivity contribution < 1.29 is 4.79 Å². The molecular weight excluding hydrogens is 278 g/mol. The third-order valence-corrected chi connectivity index (χ3v) is 4.37. The number of aromatic nitrogens is 4. The number of fused-ring (bicyclic) bond motifs is 1. The standard InChI is InChI=1S/C16H23N5O/c1-11(2)13-9-14(19-18-13)16(22)20(3)10-12-4-6-21-7-5-17-15(21)8-12/h5,7,9,11-12H,4,6,8,10H2,1-3H3,(H,18,19)/t12-/m1/s1. The molecule has 6 nitrogen and oxygen atoms in total. The molecule has 1 amide bonds. The number of carbonyl (C=O) groups is 1. The minimum Gasteiger partial charge on any atom is -0.340 e. The first-order chi connectivity index (χ1) is 10.5. The molecule has 0 aliphatic carbocycles. The average Bonchev–Trinajstić information content (AvgIpc) is 3.15. The van der Waals surface area contributed by atoms with E-state index in [1.165, 1.54) is 0 Å². The van der Waals surface area contributed by atoms with Gasteiger partial charge in [-0.2, -0.15) is 5.10 Å². The van der Waals surface area contributed by atoms with Gasteiger partial charge in [-0.1, -0.05) is 13.8 Å². The first kappa shape index (κ1) is 14.8. The van der Waals surface area contributed by atoms with Crippen LogP contribution in [-0.4, -0.2) is 44.1 Å². The van der Waals surface area contributed by atoms with Crippen LogP contribution in [-0.2, 0) is 13.0 Å². The van der Waals surface area contributed by atoms with Crippen LogP contribution in [0.2, 0.25) is 0 Å². The van der Waals surface area contributed by atoms with Crippen molar-refractivity contribution >= 4 is 5.91 Å². The van der Waals surface area contributed by atoms with Gasteiger partial charge in [0.05, 0.1) is 0 Å². The van der Waals surface area contributed by atoms with Gasteiger partial charge < -0.3 is 9.47 Å². The van der Waals surface area contributed by atoms with Crippen LogP contribution in [0.3, 0.4) is 0 Å². The fourth-order valence-electron chi connectivity index (χ4n) is 2.98. The first-order valence-electron chi connectivity index (χ1n) is 7.85. The Labute approximate surface area is 130 Å². The van der Waals surface area contributed by atoms with Crippen molar-refractivity contribution in [2.24, 2.45) is 5.92 Å². The fourth-order valence-corrected chi connectivity index (χ4v) is 2.98. The van der Waals surface area contributed by atoms with E-state index in [2.05, 4.69) is 33.6 Å². The van der Waals surface area contributed by atoms with Crippen molar-refractivity contribution in [2.75, 3.05) is 13.6 Å². The minimum atomic E-state index is -0.0166. The minimum absolute atomic E-state index is 0.0166. The van der Waals surface area contributed by atoms with Crippen molar-refractivity contribution in [1.29, 1.82) is 0 Å². The highest BCUT2D eigenvalue weighted by Gasteiger charge is 2.23. The van der Waals surface area contributed by atoms with Crippen LogP contribution in [0, 0.1) is 5.92 Å². The molecule has 0 unspecified atom stereocenters. The van der Waals surface area contributed by atoms with E-state index in [-0.39, 0.29) is 5.91 Å². The number of nitrogens with zero attached hydrogens (tertiary/aromatic N) is 4. The molecule has 0 spiro atoms.